The molecule has 0 aromatic heterocycles. The van der Waals surface area contributed by atoms with Crippen molar-refractivity contribution in [3.8, 4) is 0 Å². The lowest BCUT2D eigenvalue weighted by Gasteiger charge is -2.14. The van der Waals surface area contributed by atoms with Crippen LogP contribution in [-0.4, -0.2) is 31.6 Å². The largest absolute Gasteiger partial charge is 0.329 e. The monoisotopic (exact) mass is 200 g/mol. The minimum Gasteiger partial charge on any atom is -0.329 e. The second-order valence-electron chi connectivity index (χ2n) is 4.21. The molecular weight excluding hydrogens is 172 g/mol. The van der Waals surface area contributed by atoms with E-state index in [2.05, 4.69) is 18.9 Å². The predicted molar refractivity (Wildman–Crippen MR) is 64.5 cm³/mol. The van der Waals surface area contributed by atoms with Gasteiger partial charge in [-0.25, -0.2) is 0 Å². The van der Waals surface area contributed by atoms with Gasteiger partial charge in [0.25, 0.3) is 0 Å². The third-order valence-electron chi connectivity index (χ3n) is 2.65. The van der Waals surface area contributed by atoms with Gasteiger partial charge in [0.2, 0.25) is 0 Å². The fourth-order valence-electron chi connectivity index (χ4n) is 1.67. The van der Waals surface area contributed by atoms with Crippen molar-refractivity contribution in [2.45, 2.75) is 51.9 Å². The van der Waals surface area contributed by atoms with Crippen molar-refractivity contribution >= 4 is 0 Å². The zero-order chi connectivity index (χ0) is 10.6. The molecule has 86 valence electrons. The van der Waals surface area contributed by atoms with Gasteiger partial charge in [-0.15, -0.1) is 0 Å². The van der Waals surface area contributed by atoms with Gasteiger partial charge in [0.15, 0.2) is 0 Å². The molecule has 0 amide bonds. The van der Waals surface area contributed by atoms with E-state index in [0.29, 0.717) is 0 Å². The summed E-state index contributed by atoms with van der Waals surface area (Å²) in [4.78, 5) is 2.33. The Kier molecular flexibility index (Phi) is 10.9. The van der Waals surface area contributed by atoms with Crippen LogP contribution >= 0.6 is 0 Å². The van der Waals surface area contributed by atoms with Crippen molar-refractivity contribution in [1.82, 2.24) is 4.90 Å². The summed E-state index contributed by atoms with van der Waals surface area (Å²) in [5, 5.41) is 0. The zero-order valence-electron chi connectivity index (χ0n) is 10.1. The molecule has 0 unspecified atom stereocenters. The molecule has 0 fully saturated rings. The predicted octanol–water partition coefficient (Wildman–Crippen LogP) is 2.63. The molecule has 2 heteroatoms. The van der Waals surface area contributed by atoms with Crippen molar-refractivity contribution < 1.29 is 0 Å². The van der Waals surface area contributed by atoms with Crippen LogP contribution in [0.15, 0.2) is 0 Å². The summed E-state index contributed by atoms with van der Waals surface area (Å²) >= 11 is 0. The summed E-state index contributed by atoms with van der Waals surface area (Å²) in [5.74, 6) is 0. The summed E-state index contributed by atoms with van der Waals surface area (Å²) in [6, 6.07) is 0. The summed E-state index contributed by atoms with van der Waals surface area (Å²) in [6.07, 6.45) is 9.74. The Morgan fingerprint density at radius 3 is 2.00 bits per heavy atom. The minimum atomic E-state index is 0.785. The van der Waals surface area contributed by atoms with E-state index in [1.165, 1.54) is 51.5 Å². The van der Waals surface area contributed by atoms with E-state index in [1.54, 1.807) is 0 Å². The molecule has 0 aromatic rings. The maximum Gasteiger partial charge on any atom is 0.0102 e. The molecule has 0 aromatic carbocycles. The highest BCUT2D eigenvalue weighted by Gasteiger charge is 1.95. The van der Waals surface area contributed by atoms with Gasteiger partial charge in [-0.05, 0) is 20.0 Å². The highest BCUT2D eigenvalue weighted by molar-refractivity contribution is 4.52. The number of hydrogen-bond donors (Lipinski definition) is 1. The zero-order valence-corrected chi connectivity index (χ0v) is 10.1. The molecule has 0 atom stereocenters. The summed E-state index contributed by atoms with van der Waals surface area (Å²) < 4.78 is 0. The first-order valence-corrected chi connectivity index (χ1v) is 6.20. The van der Waals surface area contributed by atoms with Crippen LogP contribution in [0.1, 0.15) is 51.9 Å². The third kappa shape index (κ3) is 10.0. The van der Waals surface area contributed by atoms with E-state index in [1.807, 2.05) is 0 Å². The number of nitrogens with two attached hydrogens (primary N) is 1. The number of hydrogen-bond acceptors (Lipinski definition) is 2. The molecule has 0 aliphatic carbocycles. The molecule has 0 aliphatic rings. The van der Waals surface area contributed by atoms with E-state index in [-0.39, 0.29) is 0 Å². The van der Waals surface area contributed by atoms with Gasteiger partial charge in [0.05, 0.1) is 0 Å². The van der Waals surface area contributed by atoms with Crippen molar-refractivity contribution in [3.63, 3.8) is 0 Å². The lowest BCUT2D eigenvalue weighted by atomic mass is 10.1. The van der Waals surface area contributed by atoms with Crippen LogP contribution < -0.4 is 5.73 Å². The topological polar surface area (TPSA) is 29.3 Å². The van der Waals surface area contributed by atoms with E-state index < -0.39 is 0 Å². The van der Waals surface area contributed by atoms with E-state index in [4.69, 9.17) is 5.73 Å². The molecule has 0 radical (unpaired) electrons. The van der Waals surface area contributed by atoms with E-state index in [9.17, 15) is 0 Å². The van der Waals surface area contributed by atoms with Crippen LogP contribution in [0, 0.1) is 0 Å². The highest BCUT2D eigenvalue weighted by Crippen LogP contribution is 2.06. The van der Waals surface area contributed by atoms with Gasteiger partial charge in [-0.2, -0.15) is 0 Å². The maximum absolute atomic E-state index is 5.47. The van der Waals surface area contributed by atoms with Gasteiger partial charge < -0.3 is 10.6 Å². The number of likely N-dealkylation sites (N-methyl/N-ethyl adjacent to an activating group) is 1. The van der Waals surface area contributed by atoms with Crippen LogP contribution in [0.3, 0.4) is 0 Å². The molecule has 0 saturated carbocycles. The second-order valence-corrected chi connectivity index (χ2v) is 4.21. The van der Waals surface area contributed by atoms with Gasteiger partial charge >= 0.3 is 0 Å². The molecule has 0 bridgehead atoms. The first-order chi connectivity index (χ1) is 6.81. The molecule has 0 rings (SSSR count). The average molecular weight is 200 g/mol. The lowest BCUT2D eigenvalue weighted by Crippen LogP contribution is -2.26. The van der Waals surface area contributed by atoms with Gasteiger partial charge in [-0.3, -0.25) is 0 Å². The third-order valence-corrected chi connectivity index (χ3v) is 2.65. The minimum absolute atomic E-state index is 0.785. The molecule has 2 N–H and O–H groups in total. The molecule has 14 heavy (non-hydrogen) atoms. The normalized spacial score (nSPS) is 11.1. The van der Waals surface area contributed by atoms with Gasteiger partial charge in [0, 0.05) is 13.1 Å². The van der Waals surface area contributed by atoms with Gasteiger partial charge in [-0.1, -0.05) is 45.4 Å². The standard InChI is InChI=1S/C12H28N2/c1-3-4-5-6-7-8-9-11-14(2)12-10-13/h3-13H2,1-2H3. The SMILES string of the molecule is CCCCCCCCCN(C)CCN. The van der Waals surface area contributed by atoms with Crippen LogP contribution in [0.5, 0.6) is 0 Å². The quantitative estimate of drug-likeness (QED) is 0.549. The Labute approximate surface area is 89.9 Å². The lowest BCUT2D eigenvalue weighted by molar-refractivity contribution is 0.332. The van der Waals surface area contributed by atoms with Crippen LogP contribution in [0.25, 0.3) is 0 Å². The highest BCUT2D eigenvalue weighted by atomic mass is 15.1. The molecular formula is C12H28N2. The Bertz CT molecular complexity index is 104. The molecule has 0 spiro atoms. The molecule has 0 aliphatic heterocycles. The van der Waals surface area contributed by atoms with Crippen LogP contribution in [-0.2, 0) is 0 Å². The van der Waals surface area contributed by atoms with E-state index in [0.717, 1.165) is 13.1 Å². The average Bonchev–Trinajstić information content (AvgIpc) is 2.17. The maximum atomic E-state index is 5.47. The fourth-order valence-corrected chi connectivity index (χ4v) is 1.67. The Morgan fingerprint density at radius 1 is 0.857 bits per heavy atom. The number of rotatable bonds is 10. The smallest absolute Gasteiger partial charge is 0.0102 e. The second kappa shape index (κ2) is 11.0. The molecule has 0 saturated heterocycles. The molecule has 2 nitrogen and oxygen atoms in total. The van der Waals surface area contributed by atoms with E-state index >= 15 is 0 Å². The summed E-state index contributed by atoms with van der Waals surface area (Å²) in [5.41, 5.74) is 5.47. The van der Waals surface area contributed by atoms with Crippen molar-refractivity contribution in [3.05, 3.63) is 0 Å². The first-order valence-electron chi connectivity index (χ1n) is 6.20. The number of nitrogens with zero attached hydrogens (tertiary/aromatic N) is 1. The van der Waals surface area contributed by atoms with Crippen LogP contribution in [0.2, 0.25) is 0 Å². The van der Waals surface area contributed by atoms with Crippen molar-refractivity contribution in [2.75, 3.05) is 26.7 Å². The Morgan fingerprint density at radius 2 is 1.43 bits per heavy atom. The first kappa shape index (κ1) is 13.9. The Balaban J connectivity index is 2.98. The Hall–Kier alpha value is -0.0800. The fraction of sp³-hybridized carbons (Fsp3) is 1.00. The van der Waals surface area contributed by atoms with Crippen molar-refractivity contribution in [2.24, 2.45) is 5.73 Å². The van der Waals surface area contributed by atoms with Crippen LogP contribution in [0.4, 0.5) is 0 Å². The van der Waals surface area contributed by atoms with Crippen molar-refractivity contribution in [1.29, 1.82) is 0 Å². The van der Waals surface area contributed by atoms with Gasteiger partial charge in [0.1, 0.15) is 0 Å². The molecule has 0 heterocycles. The number of unbranched alkanes of at least 4 members (excludes halogenated alkanes) is 6. The summed E-state index contributed by atoms with van der Waals surface area (Å²) in [7, 11) is 2.16. The summed E-state index contributed by atoms with van der Waals surface area (Å²) in [6.45, 7) is 5.30.